The third-order valence-electron chi connectivity index (χ3n) is 2.91. The fourth-order valence-corrected chi connectivity index (χ4v) is 2.09. The Hall–Kier alpha value is -0.900. The highest BCUT2D eigenvalue weighted by Gasteiger charge is 2.24. The van der Waals surface area contributed by atoms with Crippen LogP contribution in [0.15, 0.2) is 6.20 Å². The maximum Gasteiger partial charge on any atom is 0.0728 e. The van der Waals surface area contributed by atoms with E-state index in [-0.39, 0.29) is 0 Å². The highest BCUT2D eigenvalue weighted by Crippen LogP contribution is 2.28. The largest absolute Gasteiger partial charge is 0.316 e. The summed E-state index contributed by atoms with van der Waals surface area (Å²) in [5.41, 5.74) is 1.27. The van der Waals surface area contributed by atoms with Crippen LogP contribution < -0.4 is 5.32 Å². The Balaban J connectivity index is 2.19. The molecule has 4 heteroatoms. The summed E-state index contributed by atoms with van der Waals surface area (Å²) in [5.74, 6) is 1.31. The standard InChI is InChI=1S/C9H16N4/c1-7-5-10-4-3-8(7)9-6-11-12-13(9)2/h6-8,10H,3-5H2,1-2H3. The van der Waals surface area contributed by atoms with E-state index in [1.165, 1.54) is 12.1 Å². The van der Waals surface area contributed by atoms with Crippen LogP contribution >= 0.6 is 0 Å². The van der Waals surface area contributed by atoms with E-state index in [4.69, 9.17) is 0 Å². The van der Waals surface area contributed by atoms with Crippen molar-refractivity contribution >= 4 is 0 Å². The molecule has 72 valence electrons. The van der Waals surface area contributed by atoms with Gasteiger partial charge in [-0.25, -0.2) is 0 Å². The van der Waals surface area contributed by atoms with Gasteiger partial charge in [-0.05, 0) is 25.4 Å². The van der Waals surface area contributed by atoms with Crippen molar-refractivity contribution in [2.24, 2.45) is 13.0 Å². The molecule has 13 heavy (non-hydrogen) atoms. The molecule has 0 radical (unpaired) electrons. The first-order valence-corrected chi connectivity index (χ1v) is 4.84. The fourth-order valence-electron chi connectivity index (χ4n) is 2.09. The minimum Gasteiger partial charge on any atom is -0.316 e. The third kappa shape index (κ3) is 1.58. The van der Waals surface area contributed by atoms with Gasteiger partial charge in [0.1, 0.15) is 0 Å². The number of aromatic nitrogens is 3. The second kappa shape index (κ2) is 3.46. The van der Waals surface area contributed by atoms with Crippen molar-refractivity contribution in [2.75, 3.05) is 13.1 Å². The van der Waals surface area contributed by atoms with Crippen LogP contribution in [0, 0.1) is 5.92 Å². The molecule has 1 aromatic rings. The number of rotatable bonds is 1. The van der Waals surface area contributed by atoms with E-state index in [2.05, 4.69) is 22.6 Å². The van der Waals surface area contributed by atoms with Crippen LogP contribution in [0.5, 0.6) is 0 Å². The van der Waals surface area contributed by atoms with Gasteiger partial charge in [0.05, 0.1) is 11.9 Å². The average Bonchev–Trinajstić information content (AvgIpc) is 2.52. The van der Waals surface area contributed by atoms with E-state index < -0.39 is 0 Å². The first-order chi connectivity index (χ1) is 6.29. The van der Waals surface area contributed by atoms with E-state index in [1.807, 2.05) is 17.9 Å². The lowest BCUT2D eigenvalue weighted by Gasteiger charge is -2.28. The SMILES string of the molecule is CC1CNCCC1c1cnnn1C. The normalized spacial score (nSPS) is 29.1. The molecule has 0 saturated carbocycles. The van der Waals surface area contributed by atoms with Crippen LogP contribution in [-0.4, -0.2) is 28.1 Å². The Morgan fingerprint density at radius 2 is 2.46 bits per heavy atom. The lowest BCUT2D eigenvalue weighted by atomic mass is 9.85. The van der Waals surface area contributed by atoms with Crippen molar-refractivity contribution in [3.8, 4) is 0 Å². The van der Waals surface area contributed by atoms with E-state index in [1.54, 1.807) is 0 Å². The molecule has 0 spiro atoms. The molecule has 2 atom stereocenters. The van der Waals surface area contributed by atoms with E-state index in [9.17, 15) is 0 Å². The number of hydrogen-bond acceptors (Lipinski definition) is 3. The maximum atomic E-state index is 3.97. The Bertz CT molecular complexity index is 281. The summed E-state index contributed by atoms with van der Waals surface area (Å²) < 4.78 is 1.90. The summed E-state index contributed by atoms with van der Waals surface area (Å²) in [5, 5.41) is 11.3. The molecular weight excluding hydrogens is 164 g/mol. The quantitative estimate of drug-likeness (QED) is 0.685. The molecular formula is C9H16N4. The van der Waals surface area contributed by atoms with Crippen LogP contribution in [0.4, 0.5) is 0 Å². The van der Waals surface area contributed by atoms with Crippen LogP contribution in [0.25, 0.3) is 0 Å². The van der Waals surface area contributed by atoms with Gasteiger partial charge in [-0.15, -0.1) is 5.10 Å². The number of nitrogens with one attached hydrogen (secondary N) is 1. The second-order valence-electron chi connectivity index (χ2n) is 3.86. The van der Waals surface area contributed by atoms with Crippen LogP contribution in [0.2, 0.25) is 0 Å². The molecule has 1 fully saturated rings. The van der Waals surface area contributed by atoms with E-state index >= 15 is 0 Å². The molecule has 0 aliphatic carbocycles. The van der Waals surface area contributed by atoms with Crippen LogP contribution in [0.1, 0.15) is 25.0 Å². The van der Waals surface area contributed by atoms with Crippen molar-refractivity contribution in [1.82, 2.24) is 20.3 Å². The summed E-state index contributed by atoms with van der Waals surface area (Å²) in [6, 6.07) is 0. The molecule has 4 nitrogen and oxygen atoms in total. The van der Waals surface area contributed by atoms with Crippen molar-refractivity contribution in [1.29, 1.82) is 0 Å². The zero-order valence-electron chi connectivity index (χ0n) is 8.20. The Kier molecular flexibility index (Phi) is 2.31. The first kappa shape index (κ1) is 8.69. The van der Waals surface area contributed by atoms with E-state index in [0.29, 0.717) is 11.8 Å². The molecule has 1 aliphatic heterocycles. The summed E-state index contributed by atoms with van der Waals surface area (Å²) in [6.07, 6.45) is 3.09. The number of aryl methyl sites for hydroxylation is 1. The van der Waals surface area contributed by atoms with Gasteiger partial charge in [-0.2, -0.15) is 0 Å². The number of piperidine rings is 1. The van der Waals surface area contributed by atoms with Gasteiger partial charge < -0.3 is 5.32 Å². The molecule has 0 bridgehead atoms. The van der Waals surface area contributed by atoms with Gasteiger partial charge in [0.15, 0.2) is 0 Å². The molecule has 2 rings (SSSR count). The zero-order chi connectivity index (χ0) is 9.26. The Labute approximate surface area is 78.3 Å². The number of hydrogen-bond donors (Lipinski definition) is 1. The van der Waals surface area contributed by atoms with Gasteiger partial charge in [-0.3, -0.25) is 4.68 Å². The highest BCUT2D eigenvalue weighted by molar-refractivity contribution is 5.06. The maximum absolute atomic E-state index is 3.97. The Morgan fingerprint density at radius 1 is 1.62 bits per heavy atom. The molecule has 1 aromatic heterocycles. The van der Waals surface area contributed by atoms with Crippen LogP contribution in [0.3, 0.4) is 0 Å². The lowest BCUT2D eigenvalue weighted by molar-refractivity contribution is 0.336. The lowest BCUT2D eigenvalue weighted by Crippen LogP contribution is -2.34. The smallest absolute Gasteiger partial charge is 0.0728 e. The molecule has 1 aliphatic rings. The third-order valence-corrected chi connectivity index (χ3v) is 2.91. The van der Waals surface area contributed by atoms with Gasteiger partial charge in [-0.1, -0.05) is 12.1 Å². The van der Waals surface area contributed by atoms with Crippen LogP contribution in [-0.2, 0) is 7.05 Å². The van der Waals surface area contributed by atoms with Gasteiger partial charge >= 0.3 is 0 Å². The van der Waals surface area contributed by atoms with Crippen molar-refractivity contribution < 1.29 is 0 Å². The topological polar surface area (TPSA) is 42.7 Å². The second-order valence-corrected chi connectivity index (χ2v) is 3.86. The summed E-state index contributed by atoms with van der Waals surface area (Å²) >= 11 is 0. The molecule has 1 N–H and O–H groups in total. The summed E-state index contributed by atoms with van der Waals surface area (Å²) in [7, 11) is 1.97. The minimum atomic E-state index is 0.626. The molecule has 1 saturated heterocycles. The van der Waals surface area contributed by atoms with Crippen molar-refractivity contribution in [3.63, 3.8) is 0 Å². The molecule has 2 unspecified atom stereocenters. The zero-order valence-corrected chi connectivity index (χ0v) is 8.20. The predicted octanol–water partition coefficient (Wildman–Crippen LogP) is 0.528. The molecule has 2 heterocycles. The fraction of sp³-hybridized carbons (Fsp3) is 0.778. The van der Waals surface area contributed by atoms with Crippen molar-refractivity contribution in [3.05, 3.63) is 11.9 Å². The average molecular weight is 180 g/mol. The van der Waals surface area contributed by atoms with Gasteiger partial charge in [0.2, 0.25) is 0 Å². The van der Waals surface area contributed by atoms with Gasteiger partial charge in [0.25, 0.3) is 0 Å². The minimum absolute atomic E-state index is 0.626. The van der Waals surface area contributed by atoms with Gasteiger partial charge in [0, 0.05) is 13.0 Å². The molecule has 0 amide bonds. The summed E-state index contributed by atoms with van der Waals surface area (Å²) in [4.78, 5) is 0. The summed E-state index contributed by atoms with van der Waals surface area (Å²) in [6.45, 7) is 4.50. The van der Waals surface area contributed by atoms with E-state index in [0.717, 1.165) is 13.1 Å². The Morgan fingerprint density at radius 3 is 3.08 bits per heavy atom. The first-order valence-electron chi connectivity index (χ1n) is 4.84. The number of nitrogens with zero attached hydrogens (tertiary/aromatic N) is 3. The van der Waals surface area contributed by atoms with Crippen molar-refractivity contribution in [2.45, 2.75) is 19.3 Å². The molecule has 0 aromatic carbocycles. The monoisotopic (exact) mass is 180 g/mol. The predicted molar refractivity (Wildman–Crippen MR) is 50.4 cm³/mol. The highest BCUT2D eigenvalue weighted by atomic mass is 15.4.